The van der Waals surface area contributed by atoms with E-state index in [9.17, 15) is 0 Å². The summed E-state index contributed by atoms with van der Waals surface area (Å²) in [5.74, 6) is 0.833. The van der Waals surface area contributed by atoms with Gasteiger partial charge in [-0.3, -0.25) is 0 Å². The molecule has 0 bridgehead atoms. The van der Waals surface area contributed by atoms with E-state index in [1.165, 1.54) is 0 Å². The van der Waals surface area contributed by atoms with Crippen molar-refractivity contribution >= 4 is 69.7 Å². The van der Waals surface area contributed by atoms with Crippen LogP contribution in [0.5, 0.6) is 0 Å². The molecule has 0 aliphatic carbocycles. The van der Waals surface area contributed by atoms with E-state index in [2.05, 4.69) is 98.1 Å². The second-order valence-corrected chi connectivity index (χ2v) is 13.9. The van der Waals surface area contributed by atoms with Gasteiger partial charge in [0.25, 0.3) is 0 Å². The van der Waals surface area contributed by atoms with Crippen molar-refractivity contribution < 1.29 is 8.83 Å². The predicted molar refractivity (Wildman–Crippen MR) is 255 cm³/mol. The highest BCUT2D eigenvalue weighted by molar-refractivity contribution is 5.91. The first-order valence-corrected chi connectivity index (χ1v) is 19.7. The Balaban J connectivity index is 1.08. The molecule has 0 aliphatic heterocycles. The van der Waals surface area contributed by atoms with Crippen LogP contribution >= 0.6 is 0 Å². The summed E-state index contributed by atoms with van der Waals surface area (Å²) in [4.78, 5) is 0. The van der Waals surface area contributed by atoms with Gasteiger partial charge < -0.3 is 14.6 Å². The Hall–Kier alpha value is -7.62. The first-order valence-electron chi connectivity index (χ1n) is 19.7. The number of nitrogen functional groups attached to an aromatic ring is 1. The number of fused-ring (bicyclic) bond motifs is 2. The minimum Gasteiger partial charge on any atom is -0.457 e. The maximum atomic E-state index is 6.63. The molecule has 2 heterocycles. The van der Waals surface area contributed by atoms with Crippen molar-refractivity contribution in [1.82, 2.24) is 0 Å². The molecule has 3 heteroatoms. The fraction of sp³-hybridized carbons (Fsp3) is 0.0357. The van der Waals surface area contributed by atoms with Crippen LogP contribution in [0.3, 0.4) is 0 Å². The fourth-order valence-electron chi connectivity index (χ4n) is 7.00. The zero-order valence-electron chi connectivity index (χ0n) is 33.5. The number of allylic oxidation sites excluding steroid dienone is 14. The fourth-order valence-corrected chi connectivity index (χ4v) is 7.00. The van der Waals surface area contributed by atoms with Crippen LogP contribution in [0.25, 0.3) is 75.1 Å². The van der Waals surface area contributed by atoms with Crippen LogP contribution in [0.2, 0.25) is 0 Å². The van der Waals surface area contributed by atoms with Gasteiger partial charge in [0, 0.05) is 32.8 Å². The van der Waals surface area contributed by atoms with E-state index in [0.717, 1.165) is 83.0 Å². The maximum Gasteiger partial charge on any atom is 0.135 e. The summed E-state index contributed by atoms with van der Waals surface area (Å²) in [5.41, 5.74) is 19.0. The molecule has 2 N–H and O–H groups in total. The molecule has 59 heavy (non-hydrogen) atoms. The number of nitrogens with two attached hydrogens (primary N) is 1. The van der Waals surface area contributed by atoms with Gasteiger partial charge in [-0.25, -0.2) is 0 Å². The minimum absolute atomic E-state index is 0.648. The Bertz CT molecular complexity index is 2990. The van der Waals surface area contributed by atoms with Gasteiger partial charge in [0.1, 0.15) is 22.3 Å². The molecule has 7 rings (SSSR count). The van der Waals surface area contributed by atoms with Crippen molar-refractivity contribution in [3.05, 3.63) is 239 Å². The molecule has 0 saturated carbocycles. The van der Waals surface area contributed by atoms with Gasteiger partial charge in [-0.1, -0.05) is 195 Å². The van der Waals surface area contributed by atoms with E-state index in [1.54, 1.807) is 0 Å². The number of hydrogen-bond donors (Lipinski definition) is 1. The van der Waals surface area contributed by atoms with Crippen LogP contribution in [0, 0.1) is 0 Å². The molecule has 2 aromatic heterocycles. The van der Waals surface area contributed by atoms with Crippen LogP contribution in [0.4, 0.5) is 5.69 Å². The summed E-state index contributed by atoms with van der Waals surface area (Å²) in [5, 5.41) is 3.12. The summed E-state index contributed by atoms with van der Waals surface area (Å²) in [6.07, 6.45) is 30.9. The summed E-state index contributed by atoms with van der Waals surface area (Å²) >= 11 is 0. The van der Waals surface area contributed by atoms with Crippen molar-refractivity contribution in [3.63, 3.8) is 0 Å². The standard InChI is InChI=1S/C56H47NO2/c1-5-20-49-51-28-16-18-32-56(51)59-55(49)30-12-8-11-23-44(43-21-9-7-10-22-43)36-34-40(3)33-35-42(6-2)46-37-38-53(57)52(39-46)48-26-14-13-24-45(48)25-19-29-47-41(4)58-54-31-17-15-27-50(47)54/h5-39H,3-4,57H2,1-2H3/b11-8+,20-5+,25-19-,30-12-,35-33-,36-34-,42-6+,44-23+,47-29+. The molecular weight excluding hydrogens is 719 g/mol. The average Bonchev–Trinajstić information content (AvgIpc) is 3.78. The van der Waals surface area contributed by atoms with Gasteiger partial charge >= 0.3 is 0 Å². The molecule has 0 fully saturated rings. The third-order valence-electron chi connectivity index (χ3n) is 10.0. The quantitative estimate of drug-likeness (QED) is 0.0939. The van der Waals surface area contributed by atoms with Gasteiger partial charge in [0.05, 0.1) is 0 Å². The van der Waals surface area contributed by atoms with Crippen molar-refractivity contribution in [1.29, 1.82) is 0 Å². The van der Waals surface area contributed by atoms with E-state index in [-0.39, 0.29) is 0 Å². The van der Waals surface area contributed by atoms with Gasteiger partial charge in [0.15, 0.2) is 0 Å². The number of para-hydroxylation sites is 2. The van der Waals surface area contributed by atoms with E-state index < -0.39 is 0 Å². The molecule has 0 amide bonds. The van der Waals surface area contributed by atoms with Crippen molar-refractivity contribution in [3.8, 4) is 11.1 Å². The van der Waals surface area contributed by atoms with Crippen molar-refractivity contribution in [2.45, 2.75) is 13.8 Å². The van der Waals surface area contributed by atoms with E-state index in [0.29, 0.717) is 11.1 Å². The van der Waals surface area contributed by atoms with Gasteiger partial charge in [-0.05, 0) is 83.2 Å². The second-order valence-electron chi connectivity index (χ2n) is 13.9. The van der Waals surface area contributed by atoms with Crippen LogP contribution in [0.15, 0.2) is 209 Å². The molecule has 0 spiro atoms. The van der Waals surface area contributed by atoms with E-state index >= 15 is 0 Å². The molecule has 0 aliphatic rings. The van der Waals surface area contributed by atoms with Crippen molar-refractivity contribution in [2.75, 3.05) is 5.73 Å². The highest BCUT2D eigenvalue weighted by atomic mass is 16.3. The number of anilines is 1. The van der Waals surface area contributed by atoms with E-state index in [1.807, 2.05) is 141 Å². The highest BCUT2D eigenvalue weighted by Crippen LogP contribution is 2.33. The molecule has 5 aromatic carbocycles. The zero-order chi connectivity index (χ0) is 41.0. The summed E-state index contributed by atoms with van der Waals surface area (Å²) in [6, 6.07) is 40.9. The van der Waals surface area contributed by atoms with Crippen LogP contribution < -0.4 is 16.4 Å². The molecular formula is C56H47NO2. The summed E-state index contributed by atoms with van der Waals surface area (Å²) in [6.45, 7) is 12.5. The Morgan fingerprint density at radius 2 is 1.29 bits per heavy atom. The molecule has 0 radical (unpaired) electrons. The lowest BCUT2D eigenvalue weighted by molar-refractivity contribution is 0.577. The van der Waals surface area contributed by atoms with Gasteiger partial charge in [-0.15, -0.1) is 0 Å². The third-order valence-corrected chi connectivity index (χ3v) is 10.0. The number of benzene rings is 5. The minimum atomic E-state index is 0.648. The summed E-state index contributed by atoms with van der Waals surface area (Å²) < 4.78 is 12.0. The Kier molecular flexibility index (Phi) is 12.8. The maximum absolute atomic E-state index is 6.63. The van der Waals surface area contributed by atoms with Gasteiger partial charge in [0.2, 0.25) is 0 Å². The van der Waals surface area contributed by atoms with Crippen LogP contribution in [-0.2, 0) is 0 Å². The Morgan fingerprint density at radius 3 is 2.07 bits per heavy atom. The largest absolute Gasteiger partial charge is 0.457 e. The number of hydrogen-bond acceptors (Lipinski definition) is 3. The first kappa shape index (κ1) is 39.6. The Labute approximate surface area is 346 Å². The molecule has 0 atom stereocenters. The molecule has 3 nitrogen and oxygen atoms in total. The summed E-state index contributed by atoms with van der Waals surface area (Å²) in [7, 11) is 0. The lowest BCUT2D eigenvalue weighted by atomic mass is 9.93. The van der Waals surface area contributed by atoms with E-state index in [4.69, 9.17) is 14.6 Å². The highest BCUT2D eigenvalue weighted by Gasteiger charge is 2.10. The topological polar surface area (TPSA) is 52.3 Å². The van der Waals surface area contributed by atoms with Crippen LogP contribution in [0.1, 0.15) is 41.9 Å². The SMILES string of the molecule is C=C(\C=C/C(=C\C=C\C=C/c1oc2ccccc2c1/C=C/C)c1ccccc1)/C=C\C(=C/C)c1ccc(N)c(-c2ccccc2/C=C\C=c2/c(=C)oc3ccccc23)c1. The normalized spacial score (nSPS) is 13.4. The van der Waals surface area contributed by atoms with Crippen LogP contribution in [-0.4, -0.2) is 0 Å². The molecule has 0 saturated heterocycles. The van der Waals surface area contributed by atoms with Gasteiger partial charge in [-0.2, -0.15) is 0 Å². The number of furan rings is 2. The second kappa shape index (κ2) is 19.0. The third kappa shape index (κ3) is 9.51. The average molecular weight is 766 g/mol. The smallest absolute Gasteiger partial charge is 0.135 e. The zero-order valence-corrected chi connectivity index (χ0v) is 33.5. The molecule has 288 valence electrons. The monoisotopic (exact) mass is 765 g/mol. The van der Waals surface area contributed by atoms with Crippen molar-refractivity contribution in [2.24, 2.45) is 0 Å². The predicted octanol–water partition coefficient (Wildman–Crippen LogP) is 13.8. The Morgan fingerprint density at radius 1 is 0.593 bits per heavy atom. The first-order chi connectivity index (χ1) is 28.9. The lowest BCUT2D eigenvalue weighted by Gasteiger charge is -2.12. The molecule has 0 unspecified atom stereocenters. The lowest BCUT2D eigenvalue weighted by Crippen LogP contribution is -2.17. The molecule has 7 aromatic rings. The number of rotatable bonds is 13.